The van der Waals surface area contributed by atoms with E-state index in [0.717, 1.165) is 11.1 Å². The van der Waals surface area contributed by atoms with Crippen LogP contribution in [-0.4, -0.2) is 50.6 Å². The molecule has 0 saturated heterocycles. The summed E-state index contributed by atoms with van der Waals surface area (Å²) < 4.78 is 35.5. The van der Waals surface area contributed by atoms with Crippen molar-refractivity contribution in [3.8, 4) is 11.1 Å². The van der Waals surface area contributed by atoms with E-state index in [2.05, 4.69) is 4.98 Å². The van der Waals surface area contributed by atoms with E-state index in [1.807, 2.05) is 0 Å². The summed E-state index contributed by atoms with van der Waals surface area (Å²) in [6.45, 7) is 0.566. The van der Waals surface area contributed by atoms with E-state index in [-0.39, 0.29) is 31.1 Å². The van der Waals surface area contributed by atoms with Crippen LogP contribution in [0.15, 0.2) is 35.4 Å². The molecule has 31 heavy (non-hydrogen) atoms. The molecule has 0 spiro atoms. The highest BCUT2D eigenvalue weighted by Gasteiger charge is 2.29. The van der Waals surface area contributed by atoms with Gasteiger partial charge < -0.3 is 19.0 Å². The fraction of sp³-hybridized carbons (Fsp3) is 0.333. The fourth-order valence-electron chi connectivity index (χ4n) is 3.90. The number of H-pyrrole nitrogens is 1. The molecular weight excluding hydrogens is 422 g/mol. The summed E-state index contributed by atoms with van der Waals surface area (Å²) >= 11 is 0. The van der Waals surface area contributed by atoms with Crippen LogP contribution in [0.3, 0.4) is 0 Å². The van der Waals surface area contributed by atoms with Crippen molar-refractivity contribution in [1.82, 2.24) is 9.55 Å². The van der Waals surface area contributed by atoms with Gasteiger partial charge in [-0.2, -0.15) is 0 Å². The number of nitrogens with one attached hydrogen (secondary N) is 1. The van der Waals surface area contributed by atoms with Crippen LogP contribution in [-0.2, 0) is 38.7 Å². The number of hydrogen-bond acceptors (Lipinski definition) is 6. The Hall–Kier alpha value is -3.11. The van der Waals surface area contributed by atoms with Gasteiger partial charge in [-0.25, -0.2) is 13.2 Å². The summed E-state index contributed by atoms with van der Waals surface area (Å²) in [6.07, 6.45) is 4.05. The Morgan fingerprint density at radius 2 is 2.00 bits per heavy atom. The average Bonchev–Trinajstić information content (AvgIpc) is 3.06. The number of carbonyl (C=O) groups is 1. The number of hydrogen-bond donors (Lipinski definition) is 1. The lowest BCUT2D eigenvalue weighted by Gasteiger charge is -2.23. The number of aryl methyl sites for hydroxylation is 1. The smallest absolute Gasteiger partial charge is 0.414 e. The van der Waals surface area contributed by atoms with Gasteiger partial charge in [-0.1, -0.05) is 6.07 Å². The molecule has 1 N–H and O–H groups in total. The Balaban J connectivity index is 1.93. The largest absolute Gasteiger partial charge is 0.447 e. The van der Waals surface area contributed by atoms with E-state index in [4.69, 9.17) is 9.47 Å². The Morgan fingerprint density at radius 3 is 2.71 bits per heavy atom. The minimum atomic E-state index is -3.25. The number of anilines is 1. The predicted molar refractivity (Wildman–Crippen MR) is 117 cm³/mol. The molecule has 0 bridgehead atoms. The van der Waals surface area contributed by atoms with Crippen molar-refractivity contribution < 1.29 is 22.7 Å². The molecule has 0 unspecified atom stereocenters. The summed E-state index contributed by atoms with van der Waals surface area (Å²) in [6, 6.07) is 5.17. The van der Waals surface area contributed by atoms with Crippen molar-refractivity contribution in [3.63, 3.8) is 0 Å². The molecule has 9 nitrogen and oxygen atoms in total. The van der Waals surface area contributed by atoms with E-state index in [1.165, 1.54) is 22.8 Å². The Labute approximate surface area is 179 Å². The summed E-state index contributed by atoms with van der Waals surface area (Å²) in [4.78, 5) is 30.1. The molecule has 3 heterocycles. The maximum absolute atomic E-state index is 12.9. The van der Waals surface area contributed by atoms with Crippen LogP contribution in [0.1, 0.15) is 11.1 Å². The van der Waals surface area contributed by atoms with Crippen LogP contribution in [0.2, 0.25) is 0 Å². The zero-order valence-electron chi connectivity index (χ0n) is 17.5. The summed E-state index contributed by atoms with van der Waals surface area (Å²) in [5.74, 6) is -0.131. The van der Waals surface area contributed by atoms with Crippen molar-refractivity contribution in [2.75, 3.05) is 31.5 Å². The van der Waals surface area contributed by atoms with Gasteiger partial charge in [-0.15, -0.1) is 0 Å². The quantitative estimate of drug-likeness (QED) is 0.603. The van der Waals surface area contributed by atoms with E-state index in [0.29, 0.717) is 27.7 Å². The average molecular weight is 445 g/mol. The second kappa shape index (κ2) is 7.86. The molecule has 164 valence electrons. The monoisotopic (exact) mass is 445 g/mol. The van der Waals surface area contributed by atoms with Gasteiger partial charge in [0.15, 0.2) is 9.84 Å². The fourth-order valence-corrected chi connectivity index (χ4v) is 4.68. The van der Waals surface area contributed by atoms with Crippen LogP contribution in [0.4, 0.5) is 10.5 Å². The number of methoxy groups -OCH3 is 1. The number of pyridine rings is 1. The maximum atomic E-state index is 12.9. The Bertz CT molecular complexity index is 1340. The molecule has 1 aromatic carbocycles. The van der Waals surface area contributed by atoms with E-state index < -0.39 is 15.9 Å². The van der Waals surface area contributed by atoms with Gasteiger partial charge in [0.25, 0.3) is 5.56 Å². The highest BCUT2D eigenvalue weighted by Crippen LogP contribution is 2.41. The van der Waals surface area contributed by atoms with Gasteiger partial charge in [0.1, 0.15) is 12.1 Å². The molecular formula is C21H23N3O6S. The highest BCUT2D eigenvalue weighted by atomic mass is 32.2. The van der Waals surface area contributed by atoms with Gasteiger partial charge in [0, 0.05) is 49.3 Å². The molecule has 1 amide bonds. The first-order valence-electron chi connectivity index (χ1n) is 9.63. The maximum Gasteiger partial charge on any atom is 0.414 e. The van der Waals surface area contributed by atoms with Crippen LogP contribution in [0, 0.1) is 0 Å². The molecule has 0 atom stereocenters. The second-order valence-corrected chi connectivity index (χ2v) is 9.78. The lowest BCUT2D eigenvalue weighted by molar-refractivity contribution is 0.103. The van der Waals surface area contributed by atoms with Crippen LogP contribution >= 0.6 is 0 Å². The van der Waals surface area contributed by atoms with Crippen molar-refractivity contribution >= 4 is 32.5 Å². The number of carbonyl (C=O) groups excluding carboxylic acids is 1. The summed E-state index contributed by atoms with van der Waals surface area (Å²) in [5, 5.41) is 0.716. The van der Waals surface area contributed by atoms with Gasteiger partial charge >= 0.3 is 6.09 Å². The van der Waals surface area contributed by atoms with Crippen LogP contribution in [0.25, 0.3) is 22.0 Å². The molecule has 1 aliphatic heterocycles. The van der Waals surface area contributed by atoms with E-state index >= 15 is 0 Å². The van der Waals surface area contributed by atoms with Crippen LogP contribution < -0.4 is 10.5 Å². The molecule has 1 aliphatic rings. The molecule has 0 aliphatic carbocycles. The van der Waals surface area contributed by atoms with Gasteiger partial charge in [0.2, 0.25) is 0 Å². The van der Waals surface area contributed by atoms with Gasteiger partial charge in [0.05, 0.1) is 24.6 Å². The molecule has 2 aromatic heterocycles. The SMILES string of the molecule is COCCOC(=O)N1Cc2c[nH]c3c(=O)n(C)cc(c23)-c2cc(CS(C)(=O)=O)ccc21. The molecule has 4 rings (SSSR count). The minimum Gasteiger partial charge on any atom is -0.447 e. The third-order valence-electron chi connectivity index (χ3n) is 5.22. The first-order valence-corrected chi connectivity index (χ1v) is 11.7. The standard InChI is InChI=1S/C21H23N3O6S/c1-23-11-16-15-8-13(12-31(3,27)28)4-5-17(15)24(21(26)30-7-6-29-2)10-14-9-22-19(18(14)16)20(23)25/h4-5,8-9,11,22H,6-7,10,12H2,1-3H3. The number of fused-ring (bicyclic) bond motifs is 2. The molecule has 3 aromatic rings. The van der Waals surface area contributed by atoms with Crippen molar-refractivity contribution in [2.24, 2.45) is 7.05 Å². The number of aromatic amines is 1. The molecule has 10 heteroatoms. The minimum absolute atomic E-state index is 0.0997. The second-order valence-electron chi connectivity index (χ2n) is 7.64. The van der Waals surface area contributed by atoms with Crippen LogP contribution in [0.5, 0.6) is 0 Å². The molecule has 0 saturated carbocycles. The molecule has 0 radical (unpaired) electrons. The highest BCUT2D eigenvalue weighted by molar-refractivity contribution is 7.89. The third kappa shape index (κ3) is 3.96. The Morgan fingerprint density at radius 1 is 1.23 bits per heavy atom. The lowest BCUT2D eigenvalue weighted by atomic mass is 9.99. The van der Waals surface area contributed by atoms with Gasteiger partial charge in [-0.05, 0) is 23.3 Å². The number of sulfone groups is 1. The van der Waals surface area contributed by atoms with Gasteiger partial charge in [-0.3, -0.25) is 9.69 Å². The van der Waals surface area contributed by atoms with Crippen molar-refractivity contribution in [2.45, 2.75) is 12.3 Å². The molecule has 0 fully saturated rings. The topological polar surface area (TPSA) is 111 Å². The van der Waals surface area contributed by atoms with E-state index in [9.17, 15) is 18.0 Å². The first kappa shape index (κ1) is 21.1. The predicted octanol–water partition coefficient (Wildman–Crippen LogP) is 2.18. The Kier molecular flexibility index (Phi) is 5.36. The number of amides is 1. The number of benzene rings is 1. The zero-order valence-corrected chi connectivity index (χ0v) is 18.3. The third-order valence-corrected chi connectivity index (χ3v) is 6.08. The van der Waals surface area contributed by atoms with Crippen molar-refractivity contribution in [3.05, 3.63) is 52.1 Å². The first-order chi connectivity index (χ1) is 14.7. The number of nitrogens with zero attached hydrogens (tertiary/aromatic N) is 2. The number of aromatic nitrogens is 2. The van der Waals surface area contributed by atoms with E-state index in [1.54, 1.807) is 37.6 Å². The summed E-state index contributed by atoms with van der Waals surface area (Å²) in [7, 11) is -0.0814. The zero-order chi connectivity index (χ0) is 22.3. The number of ether oxygens (including phenoxy) is 2. The lowest BCUT2D eigenvalue weighted by Crippen LogP contribution is -2.31. The van der Waals surface area contributed by atoms with Crippen molar-refractivity contribution in [1.29, 1.82) is 0 Å². The normalized spacial score (nSPS) is 13.2. The number of rotatable bonds is 5. The summed E-state index contributed by atoms with van der Waals surface area (Å²) in [5.41, 5.74) is 3.59.